The van der Waals surface area contributed by atoms with Gasteiger partial charge in [0.2, 0.25) is 0 Å². The first-order valence-corrected chi connectivity index (χ1v) is 6.29. The SMILES string of the molecule is C1=Cc2ccccc2-c2ccccc2C1.CC. The summed E-state index contributed by atoms with van der Waals surface area (Å²) in [6.07, 6.45) is 5.49. The minimum atomic E-state index is 1.03. The summed E-state index contributed by atoms with van der Waals surface area (Å²) in [5.41, 5.74) is 5.46. The molecule has 2 aromatic rings. The van der Waals surface area contributed by atoms with Crippen molar-refractivity contribution in [3.63, 3.8) is 0 Å². The predicted molar refractivity (Wildman–Crippen MR) is 76.0 cm³/mol. The average molecular weight is 222 g/mol. The Kier molecular flexibility index (Phi) is 3.77. The molecule has 0 heteroatoms. The van der Waals surface area contributed by atoms with Gasteiger partial charge in [-0.15, -0.1) is 0 Å². The predicted octanol–water partition coefficient (Wildman–Crippen LogP) is 4.95. The molecule has 0 fully saturated rings. The number of benzene rings is 2. The van der Waals surface area contributed by atoms with Crippen LogP contribution in [0.2, 0.25) is 0 Å². The molecule has 0 bridgehead atoms. The van der Waals surface area contributed by atoms with Crippen LogP contribution in [0.25, 0.3) is 17.2 Å². The molecule has 0 spiro atoms. The number of fused-ring (bicyclic) bond motifs is 3. The lowest BCUT2D eigenvalue weighted by Crippen LogP contribution is -1.86. The highest BCUT2D eigenvalue weighted by atomic mass is 14.1. The molecule has 0 nitrogen and oxygen atoms in total. The maximum atomic E-state index is 2.24. The van der Waals surface area contributed by atoms with Gasteiger partial charge in [0.05, 0.1) is 0 Å². The topological polar surface area (TPSA) is 0 Å². The van der Waals surface area contributed by atoms with E-state index in [9.17, 15) is 0 Å². The molecular weight excluding hydrogens is 204 g/mol. The molecule has 2 aromatic carbocycles. The Morgan fingerprint density at radius 1 is 0.765 bits per heavy atom. The van der Waals surface area contributed by atoms with Crippen molar-refractivity contribution in [2.75, 3.05) is 0 Å². The van der Waals surface area contributed by atoms with E-state index in [1.807, 2.05) is 13.8 Å². The Hall–Kier alpha value is -1.82. The first-order chi connectivity index (χ1) is 8.45. The lowest BCUT2D eigenvalue weighted by Gasteiger charge is -2.07. The van der Waals surface area contributed by atoms with Gasteiger partial charge in [-0.05, 0) is 28.7 Å². The number of hydrogen-bond donors (Lipinski definition) is 0. The van der Waals surface area contributed by atoms with Gasteiger partial charge < -0.3 is 0 Å². The maximum Gasteiger partial charge on any atom is -0.00879 e. The molecule has 0 aliphatic heterocycles. The minimum Gasteiger partial charge on any atom is -0.0795 e. The highest BCUT2D eigenvalue weighted by Gasteiger charge is 2.08. The molecule has 86 valence electrons. The van der Waals surface area contributed by atoms with Gasteiger partial charge >= 0.3 is 0 Å². The molecule has 0 saturated carbocycles. The quantitative estimate of drug-likeness (QED) is 0.591. The molecule has 17 heavy (non-hydrogen) atoms. The summed E-state index contributed by atoms with van der Waals surface area (Å²) < 4.78 is 0. The van der Waals surface area contributed by atoms with E-state index in [4.69, 9.17) is 0 Å². The van der Waals surface area contributed by atoms with Crippen LogP contribution in [0.3, 0.4) is 0 Å². The smallest absolute Gasteiger partial charge is 0.00879 e. The van der Waals surface area contributed by atoms with Gasteiger partial charge in [-0.1, -0.05) is 74.5 Å². The van der Waals surface area contributed by atoms with Crippen LogP contribution in [0, 0.1) is 0 Å². The summed E-state index contributed by atoms with van der Waals surface area (Å²) in [5, 5.41) is 0. The van der Waals surface area contributed by atoms with E-state index in [0.29, 0.717) is 0 Å². The van der Waals surface area contributed by atoms with E-state index in [-0.39, 0.29) is 0 Å². The summed E-state index contributed by atoms with van der Waals surface area (Å²) in [5.74, 6) is 0. The summed E-state index contributed by atoms with van der Waals surface area (Å²) in [6, 6.07) is 17.2. The van der Waals surface area contributed by atoms with E-state index in [1.165, 1.54) is 22.3 Å². The maximum absolute atomic E-state index is 2.24. The van der Waals surface area contributed by atoms with Crippen molar-refractivity contribution in [3.05, 3.63) is 65.7 Å². The fraction of sp³-hybridized carbons (Fsp3) is 0.176. The first kappa shape index (κ1) is 11.7. The zero-order valence-corrected chi connectivity index (χ0v) is 10.5. The molecule has 0 saturated heterocycles. The Labute approximate surface area is 104 Å². The van der Waals surface area contributed by atoms with Gasteiger partial charge in [0.15, 0.2) is 0 Å². The van der Waals surface area contributed by atoms with Crippen LogP contribution in [0.5, 0.6) is 0 Å². The Bertz CT molecular complexity index is 521. The second-order valence-corrected chi connectivity index (χ2v) is 3.85. The van der Waals surface area contributed by atoms with Gasteiger partial charge in [-0.25, -0.2) is 0 Å². The highest BCUT2D eigenvalue weighted by molar-refractivity contribution is 5.79. The van der Waals surface area contributed by atoms with Crippen LogP contribution < -0.4 is 0 Å². The minimum absolute atomic E-state index is 1.03. The molecule has 0 atom stereocenters. The first-order valence-electron chi connectivity index (χ1n) is 6.29. The van der Waals surface area contributed by atoms with Gasteiger partial charge in [0.25, 0.3) is 0 Å². The van der Waals surface area contributed by atoms with Crippen LogP contribution in [0.4, 0.5) is 0 Å². The van der Waals surface area contributed by atoms with E-state index in [1.54, 1.807) is 0 Å². The fourth-order valence-corrected chi connectivity index (χ4v) is 2.16. The zero-order chi connectivity index (χ0) is 12.1. The van der Waals surface area contributed by atoms with Crippen LogP contribution in [0.1, 0.15) is 25.0 Å². The van der Waals surface area contributed by atoms with Gasteiger partial charge in [-0.3, -0.25) is 0 Å². The average Bonchev–Trinajstić information content (AvgIpc) is 2.60. The third-order valence-electron chi connectivity index (χ3n) is 2.90. The highest BCUT2D eigenvalue weighted by Crippen LogP contribution is 2.30. The second-order valence-electron chi connectivity index (χ2n) is 3.85. The standard InChI is InChI=1S/C15H12.C2H6/c1-3-10-14-12(6-1)8-5-9-13-7-2-4-11-15(13)14;1-2/h1-8,10-11H,9H2;1-2H3. The van der Waals surface area contributed by atoms with E-state index in [2.05, 4.69) is 60.7 Å². The molecule has 1 aliphatic carbocycles. The summed E-state index contributed by atoms with van der Waals surface area (Å²) in [6.45, 7) is 4.00. The largest absolute Gasteiger partial charge is 0.0795 e. The van der Waals surface area contributed by atoms with Crippen LogP contribution >= 0.6 is 0 Å². The van der Waals surface area contributed by atoms with Crippen molar-refractivity contribution in [2.24, 2.45) is 0 Å². The molecule has 3 rings (SSSR count). The zero-order valence-electron chi connectivity index (χ0n) is 10.5. The Balaban J connectivity index is 0.000000514. The van der Waals surface area contributed by atoms with Crippen LogP contribution in [-0.2, 0) is 6.42 Å². The normalized spacial score (nSPS) is 11.6. The van der Waals surface area contributed by atoms with Crippen molar-refractivity contribution in [2.45, 2.75) is 20.3 Å². The van der Waals surface area contributed by atoms with Crippen molar-refractivity contribution in [3.8, 4) is 11.1 Å². The third kappa shape index (κ3) is 2.31. The Morgan fingerprint density at radius 2 is 1.41 bits per heavy atom. The van der Waals surface area contributed by atoms with Crippen molar-refractivity contribution < 1.29 is 0 Å². The number of rotatable bonds is 0. The Morgan fingerprint density at radius 3 is 2.24 bits per heavy atom. The molecular formula is C17H18. The van der Waals surface area contributed by atoms with Gasteiger partial charge in [-0.2, -0.15) is 0 Å². The molecule has 0 aromatic heterocycles. The molecule has 0 N–H and O–H groups in total. The second kappa shape index (κ2) is 5.49. The third-order valence-corrected chi connectivity index (χ3v) is 2.90. The molecule has 0 heterocycles. The number of allylic oxidation sites excluding steroid dienone is 1. The lowest BCUT2D eigenvalue weighted by molar-refractivity contribution is 1.29. The van der Waals surface area contributed by atoms with Crippen molar-refractivity contribution >= 4 is 6.08 Å². The summed E-state index contributed by atoms with van der Waals surface area (Å²) >= 11 is 0. The van der Waals surface area contributed by atoms with Crippen LogP contribution in [0.15, 0.2) is 54.6 Å². The molecule has 0 radical (unpaired) electrons. The van der Waals surface area contributed by atoms with Crippen molar-refractivity contribution in [1.82, 2.24) is 0 Å². The van der Waals surface area contributed by atoms with E-state index >= 15 is 0 Å². The lowest BCUT2D eigenvalue weighted by atomic mass is 9.97. The van der Waals surface area contributed by atoms with E-state index < -0.39 is 0 Å². The van der Waals surface area contributed by atoms with Crippen LogP contribution in [-0.4, -0.2) is 0 Å². The molecule has 0 amide bonds. The summed E-state index contributed by atoms with van der Waals surface area (Å²) in [7, 11) is 0. The van der Waals surface area contributed by atoms with Gasteiger partial charge in [0.1, 0.15) is 0 Å². The van der Waals surface area contributed by atoms with Gasteiger partial charge in [0, 0.05) is 0 Å². The monoisotopic (exact) mass is 222 g/mol. The molecule has 1 aliphatic rings. The van der Waals surface area contributed by atoms with Crippen molar-refractivity contribution in [1.29, 1.82) is 0 Å². The molecule has 0 unspecified atom stereocenters. The number of hydrogen-bond acceptors (Lipinski definition) is 0. The van der Waals surface area contributed by atoms with E-state index in [0.717, 1.165) is 6.42 Å². The fourth-order valence-electron chi connectivity index (χ4n) is 2.16. The summed E-state index contributed by atoms with van der Waals surface area (Å²) in [4.78, 5) is 0.